The number of aryl methyl sites for hydroxylation is 1. The summed E-state index contributed by atoms with van der Waals surface area (Å²) in [6.07, 6.45) is 7.57. The molecule has 1 heterocycles. The van der Waals surface area contributed by atoms with E-state index in [4.69, 9.17) is 0 Å². The lowest BCUT2D eigenvalue weighted by molar-refractivity contribution is 0.582. The van der Waals surface area contributed by atoms with Gasteiger partial charge in [-0.3, -0.25) is 0 Å². The minimum absolute atomic E-state index is 0.710. The highest BCUT2D eigenvalue weighted by Gasteiger charge is 2.03. The Morgan fingerprint density at radius 2 is 2.27 bits per heavy atom. The lowest BCUT2D eigenvalue weighted by Gasteiger charge is -2.12. The van der Waals surface area contributed by atoms with Crippen molar-refractivity contribution in [2.24, 2.45) is 5.92 Å². The molecule has 0 saturated heterocycles. The largest absolute Gasteiger partial charge is 0.355 e. The van der Waals surface area contributed by atoms with Gasteiger partial charge < -0.3 is 9.88 Å². The maximum absolute atomic E-state index is 4.33. The summed E-state index contributed by atoms with van der Waals surface area (Å²) in [6.45, 7) is 8.77. The highest BCUT2D eigenvalue weighted by atomic mass is 15.2. The summed E-state index contributed by atoms with van der Waals surface area (Å²) in [4.78, 5) is 4.33. The van der Waals surface area contributed by atoms with Crippen molar-refractivity contribution in [2.75, 3.05) is 11.9 Å². The summed E-state index contributed by atoms with van der Waals surface area (Å²) in [5, 5.41) is 3.40. The fourth-order valence-electron chi connectivity index (χ4n) is 1.40. The number of hydrogen-bond donors (Lipinski definition) is 1. The highest BCUT2D eigenvalue weighted by Crippen LogP contribution is 2.08. The minimum Gasteiger partial charge on any atom is -0.355 e. The van der Waals surface area contributed by atoms with Crippen molar-refractivity contribution < 1.29 is 0 Å². The lowest BCUT2D eigenvalue weighted by atomic mass is 10.1. The third kappa shape index (κ3) is 3.94. The van der Waals surface area contributed by atoms with Crippen LogP contribution in [0.3, 0.4) is 0 Å². The molecule has 0 aromatic carbocycles. The Labute approximate surface area is 92.9 Å². The summed E-state index contributed by atoms with van der Waals surface area (Å²) in [5.74, 6) is 1.73. The quantitative estimate of drug-likeness (QED) is 0.747. The molecule has 0 aliphatic rings. The Bertz CT molecular complexity index is 268. The molecular formula is C12H23N3. The zero-order valence-corrected chi connectivity index (χ0v) is 10.2. The molecule has 0 bridgehead atoms. The molecule has 86 valence electrons. The molecule has 0 fully saturated rings. The summed E-state index contributed by atoms with van der Waals surface area (Å²) in [6, 6.07) is 0. The van der Waals surface area contributed by atoms with Crippen molar-refractivity contribution in [1.29, 1.82) is 0 Å². The summed E-state index contributed by atoms with van der Waals surface area (Å²) in [5.41, 5.74) is 0. The Balaban J connectivity index is 2.42. The molecule has 0 aliphatic heterocycles. The van der Waals surface area contributed by atoms with Gasteiger partial charge in [0.2, 0.25) is 5.95 Å². The average molecular weight is 209 g/mol. The van der Waals surface area contributed by atoms with Gasteiger partial charge in [-0.25, -0.2) is 4.98 Å². The first-order chi connectivity index (χ1) is 7.27. The number of anilines is 1. The van der Waals surface area contributed by atoms with E-state index in [0.717, 1.165) is 19.0 Å². The Morgan fingerprint density at radius 1 is 1.47 bits per heavy atom. The maximum Gasteiger partial charge on any atom is 0.202 e. The molecule has 15 heavy (non-hydrogen) atoms. The topological polar surface area (TPSA) is 29.9 Å². The predicted molar refractivity (Wildman–Crippen MR) is 65.1 cm³/mol. The van der Waals surface area contributed by atoms with Gasteiger partial charge in [0.15, 0.2) is 0 Å². The number of rotatable bonds is 7. The monoisotopic (exact) mass is 209 g/mol. The van der Waals surface area contributed by atoms with Crippen LogP contribution in [0.4, 0.5) is 5.95 Å². The van der Waals surface area contributed by atoms with Crippen LogP contribution in [-0.4, -0.2) is 16.1 Å². The fourth-order valence-corrected chi connectivity index (χ4v) is 1.40. The number of hydrogen-bond acceptors (Lipinski definition) is 2. The zero-order valence-electron chi connectivity index (χ0n) is 10.2. The molecule has 1 unspecified atom stereocenters. The number of unbranched alkanes of at least 4 members (excludes halogenated alkanes) is 1. The van der Waals surface area contributed by atoms with Gasteiger partial charge in [0.05, 0.1) is 0 Å². The van der Waals surface area contributed by atoms with Crippen molar-refractivity contribution >= 4 is 5.95 Å². The molecule has 0 aliphatic carbocycles. The first-order valence-electron chi connectivity index (χ1n) is 6.02. The normalized spacial score (nSPS) is 12.7. The highest BCUT2D eigenvalue weighted by molar-refractivity contribution is 5.25. The smallest absolute Gasteiger partial charge is 0.202 e. The molecule has 0 spiro atoms. The van der Waals surface area contributed by atoms with Gasteiger partial charge in [0, 0.05) is 25.5 Å². The second-order valence-electron chi connectivity index (χ2n) is 4.19. The van der Waals surface area contributed by atoms with E-state index in [1.165, 1.54) is 19.3 Å². The molecule has 0 saturated carbocycles. The van der Waals surface area contributed by atoms with E-state index in [0.29, 0.717) is 5.92 Å². The van der Waals surface area contributed by atoms with Gasteiger partial charge in [-0.1, -0.05) is 33.6 Å². The molecule has 0 amide bonds. The SMILES string of the molecule is CCCCn1ccnc1NCC(C)CC. The van der Waals surface area contributed by atoms with Gasteiger partial charge in [0.1, 0.15) is 0 Å². The molecule has 1 aromatic heterocycles. The number of nitrogens with one attached hydrogen (secondary N) is 1. The second kappa shape index (κ2) is 6.49. The van der Waals surface area contributed by atoms with E-state index >= 15 is 0 Å². The van der Waals surface area contributed by atoms with Crippen molar-refractivity contribution in [3.8, 4) is 0 Å². The van der Waals surface area contributed by atoms with Crippen LogP contribution in [0.1, 0.15) is 40.0 Å². The van der Waals surface area contributed by atoms with E-state index in [2.05, 4.69) is 41.8 Å². The summed E-state index contributed by atoms with van der Waals surface area (Å²) in [7, 11) is 0. The Hall–Kier alpha value is -0.990. The molecule has 1 rings (SSSR count). The van der Waals surface area contributed by atoms with Crippen molar-refractivity contribution in [1.82, 2.24) is 9.55 Å². The van der Waals surface area contributed by atoms with Gasteiger partial charge in [-0.2, -0.15) is 0 Å². The maximum atomic E-state index is 4.33. The van der Waals surface area contributed by atoms with Gasteiger partial charge in [-0.15, -0.1) is 0 Å². The van der Waals surface area contributed by atoms with Crippen LogP contribution in [0.5, 0.6) is 0 Å². The van der Waals surface area contributed by atoms with E-state index in [1.807, 2.05) is 6.20 Å². The van der Waals surface area contributed by atoms with Gasteiger partial charge >= 0.3 is 0 Å². The molecule has 0 radical (unpaired) electrons. The summed E-state index contributed by atoms with van der Waals surface area (Å²) >= 11 is 0. The summed E-state index contributed by atoms with van der Waals surface area (Å²) < 4.78 is 2.20. The van der Waals surface area contributed by atoms with Crippen LogP contribution in [0.15, 0.2) is 12.4 Å². The number of nitrogens with zero attached hydrogens (tertiary/aromatic N) is 2. The Kier molecular flexibility index (Phi) is 5.22. The van der Waals surface area contributed by atoms with E-state index in [9.17, 15) is 0 Å². The second-order valence-corrected chi connectivity index (χ2v) is 4.19. The van der Waals surface area contributed by atoms with E-state index < -0.39 is 0 Å². The average Bonchev–Trinajstić information content (AvgIpc) is 2.70. The van der Waals surface area contributed by atoms with Gasteiger partial charge in [0.25, 0.3) is 0 Å². The number of aromatic nitrogens is 2. The Morgan fingerprint density at radius 3 is 2.93 bits per heavy atom. The molecular weight excluding hydrogens is 186 g/mol. The standard InChI is InChI=1S/C12H23N3/c1-4-6-8-15-9-7-13-12(15)14-10-11(3)5-2/h7,9,11H,4-6,8,10H2,1-3H3,(H,13,14). The van der Waals surface area contributed by atoms with Crippen LogP contribution in [0.25, 0.3) is 0 Å². The van der Waals surface area contributed by atoms with Crippen LogP contribution in [0, 0.1) is 5.92 Å². The van der Waals surface area contributed by atoms with Crippen LogP contribution in [-0.2, 0) is 6.54 Å². The number of imidazole rings is 1. The molecule has 1 aromatic rings. The van der Waals surface area contributed by atoms with Gasteiger partial charge in [-0.05, 0) is 12.3 Å². The van der Waals surface area contributed by atoms with Crippen LogP contribution < -0.4 is 5.32 Å². The molecule has 1 N–H and O–H groups in total. The molecule has 3 nitrogen and oxygen atoms in total. The first kappa shape index (κ1) is 12.1. The van der Waals surface area contributed by atoms with E-state index in [1.54, 1.807) is 0 Å². The minimum atomic E-state index is 0.710. The van der Waals surface area contributed by atoms with Crippen LogP contribution >= 0.6 is 0 Å². The first-order valence-corrected chi connectivity index (χ1v) is 6.02. The zero-order chi connectivity index (χ0) is 11.1. The molecule has 1 atom stereocenters. The fraction of sp³-hybridized carbons (Fsp3) is 0.750. The predicted octanol–water partition coefficient (Wildman–Crippen LogP) is 3.14. The molecule has 3 heteroatoms. The van der Waals surface area contributed by atoms with E-state index in [-0.39, 0.29) is 0 Å². The van der Waals surface area contributed by atoms with Crippen molar-refractivity contribution in [2.45, 2.75) is 46.6 Å². The van der Waals surface area contributed by atoms with Crippen molar-refractivity contribution in [3.05, 3.63) is 12.4 Å². The van der Waals surface area contributed by atoms with Crippen LogP contribution in [0.2, 0.25) is 0 Å². The van der Waals surface area contributed by atoms with Crippen molar-refractivity contribution in [3.63, 3.8) is 0 Å². The lowest BCUT2D eigenvalue weighted by Crippen LogP contribution is -2.14. The third-order valence-electron chi connectivity index (χ3n) is 2.77. The third-order valence-corrected chi connectivity index (χ3v) is 2.77.